The first-order chi connectivity index (χ1) is 10.6. The summed E-state index contributed by atoms with van der Waals surface area (Å²) in [7, 11) is 0. The van der Waals surface area contributed by atoms with E-state index in [-0.39, 0.29) is 5.56 Å². The Morgan fingerprint density at radius 1 is 1.36 bits per heavy atom. The number of piperidine rings is 1. The third-order valence-corrected chi connectivity index (χ3v) is 4.56. The molecule has 0 amide bonds. The minimum atomic E-state index is -1.22. The summed E-state index contributed by atoms with van der Waals surface area (Å²) in [6.07, 6.45) is 4.75. The molecule has 0 aliphatic carbocycles. The molecule has 1 atom stereocenters. The Bertz CT molecular complexity index is 827. The van der Waals surface area contributed by atoms with Crippen molar-refractivity contribution in [1.29, 1.82) is 0 Å². The van der Waals surface area contributed by atoms with Crippen LogP contribution < -0.4 is 15.1 Å². The van der Waals surface area contributed by atoms with Gasteiger partial charge in [0.25, 0.3) is 0 Å². The SMILES string of the molecule is O=C(O)c1c[nH]c2cc3c(cc2c1=O)OCC1CCCCN31. The number of aromatic nitrogens is 1. The highest BCUT2D eigenvalue weighted by atomic mass is 16.5. The van der Waals surface area contributed by atoms with Crippen molar-refractivity contribution >= 4 is 22.6 Å². The molecule has 0 spiro atoms. The van der Waals surface area contributed by atoms with Crippen molar-refractivity contribution in [2.75, 3.05) is 18.1 Å². The number of carboxylic acids is 1. The Morgan fingerprint density at radius 3 is 3.05 bits per heavy atom. The molecule has 0 radical (unpaired) electrons. The van der Waals surface area contributed by atoms with Gasteiger partial charge in [0.15, 0.2) is 0 Å². The number of carbonyl (C=O) groups is 1. The molecule has 0 saturated carbocycles. The number of fused-ring (bicyclic) bond motifs is 4. The zero-order valence-corrected chi connectivity index (χ0v) is 12.0. The summed E-state index contributed by atoms with van der Waals surface area (Å²) in [5.74, 6) is -0.559. The number of pyridine rings is 1. The summed E-state index contributed by atoms with van der Waals surface area (Å²) in [6.45, 7) is 1.61. The minimum Gasteiger partial charge on any atom is -0.489 e. The first-order valence-electron chi connectivity index (χ1n) is 7.47. The average molecular weight is 300 g/mol. The molecule has 6 heteroatoms. The number of anilines is 1. The number of benzene rings is 1. The zero-order valence-electron chi connectivity index (χ0n) is 12.0. The lowest BCUT2D eigenvalue weighted by atomic mass is 9.99. The maximum atomic E-state index is 12.3. The van der Waals surface area contributed by atoms with Crippen LogP contribution in [0, 0.1) is 0 Å². The standard InChI is InChI=1S/C16H16N2O4/c19-15-10-5-14-13(6-12(10)17-7-11(15)16(20)21)18-4-2-1-3-9(18)8-22-14/h5-7,9H,1-4,8H2,(H,17,19)(H,20,21). The van der Waals surface area contributed by atoms with Crippen molar-refractivity contribution in [2.45, 2.75) is 25.3 Å². The minimum absolute atomic E-state index is 0.251. The molecule has 3 heterocycles. The van der Waals surface area contributed by atoms with Gasteiger partial charge in [-0.05, 0) is 31.4 Å². The van der Waals surface area contributed by atoms with E-state index >= 15 is 0 Å². The predicted octanol–water partition coefficient (Wildman–Crippen LogP) is 1.98. The Morgan fingerprint density at radius 2 is 2.23 bits per heavy atom. The van der Waals surface area contributed by atoms with E-state index in [1.54, 1.807) is 6.07 Å². The molecule has 1 aromatic carbocycles. The number of nitrogens with zero attached hydrogens (tertiary/aromatic N) is 1. The van der Waals surface area contributed by atoms with Gasteiger partial charge in [-0.15, -0.1) is 0 Å². The maximum absolute atomic E-state index is 12.3. The molecule has 2 N–H and O–H groups in total. The van der Waals surface area contributed by atoms with Crippen LogP contribution in [-0.2, 0) is 0 Å². The van der Waals surface area contributed by atoms with Crippen LogP contribution in [0.4, 0.5) is 5.69 Å². The quantitative estimate of drug-likeness (QED) is 0.841. The number of carboxylic acid groups (broad SMARTS) is 1. The highest BCUT2D eigenvalue weighted by Crippen LogP contribution is 2.39. The fraction of sp³-hybridized carbons (Fsp3) is 0.375. The Labute approximate surface area is 126 Å². The molecule has 6 nitrogen and oxygen atoms in total. The van der Waals surface area contributed by atoms with Gasteiger partial charge >= 0.3 is 5.97 Å². The van der Waals surface area contributed by atoms with Gasteiger partial charge in [0, 0.05) is 12.7 Å². The number of H-pyrrole nitrogens is 1. The number of hydrogen-bond donors (Lipinski definition) is 2. The van der Waals surface area contributed by atoms with Crippen molar-refractivity contribution < 1.29 is 14.6 Å². The molecule has 2 aliphatic rings. The van der Waals surface area contributed by atoms with Gasteiger partial charge in [-0.3, -0.25) is 4.79 Å². The van der Waals surface area contributed by atoms with Crippen LogP contribution in [0.3, 0.4) is 0 Å². The molecule has 2 aromatic rings. The van der Waals surface area contributed by atoms with Crippen LogP contribution in [0.25, 0.3) is 10.9 Å². The van der Waals surface area contributed by atoms with Crippen molar-refractivity contribution in [1.82, 2.24) is 4.98 Å². The molecule has 1 aromatic heterocycles. The molecule has 1 fully saturated rings. The van der Waals surface area contributed by atoms with Gasteiger partial charge in [0.1, 0.15) is 17.9 Å². The van der Waals surface area contributed by atoms with Crippen molar-refractivity contribution in [3.8, 4) is 5.75 Å². The Hall–Kier alpha value is -2.50. The Kier molecular flexibility index (Phi) is 2.85. The fourth-order valence-electron chi connectivity index (χ4n) is 3.41. The van der Waals surface area contributed by atoms with Gasteiger partial charge in [0.2, 0.25) is 5.43 Å². The monoisotopic (exact) mass is 300 g/mol. The van der Waals surface area contributed by atoms with Crippen molar-refractivity contribution in [3.63, 3.8) is 0 Å². The molecule has 114 valence electrons. The summed E-state index contributed by atoms with van der Waals surface area (Å²) in [4.78, 5) is 28.6. The van der Waals surface area contributed by atoms with E-state index in [9.17, 15) is 9.59 Å². The van der Waals surface area contributed by atoms with Crippen LogP contribution in [0.1, 0.15) is 29.6 Å². The van der Waals surface area contributed by atoms with Crippen LogP contribution in [0.2, 0.25) is 0 Å². The maximum Gasteiger partial charge on any atom is 0.341 e. The van der Waals surface area contributed by atoms with E-state index < -0.39 is 11.4 Å². The molecule has 1 unspecified atom stereocenters. The van der Waals surface area contributed by atoms with Crippen LogP contribution in [-0.4, -0.2) is 35.3 Å². The van der Waals surface area contributed by atoms with E-state index in [1.807, 2.05) is 6.07 Å². The molecule has 22 heavy (non-hydrogen) atoms. The summed E-state index contributed by atoms with van der Waals surface area (Å²) < 4.78 is 5.81. The summed E-state index contributed by atoms with van der Waals surface area (Å²) in [5, 5.41) is 9.41. The van der Waals surface area contributed by atoms with Crippen LogP contribution in [0.5, 0.6) is 5.75 Å². The summed E-state index contributed by atoms with van der Waals surface area (Å²) in [5.41, 5.74) is 0.901. The van der Waals surface area contributed by atoms with E-state index in [0.717, 1.165) is 25.1 Å². The highest BCUT2D eigenvalue weighted by molar-refractivity contribution is 5.94. The molecule has 2 aliphatic heterocycles. The first kappa shape index (κ1) is 13.2. The smallest absolute Gasteiger partial charge is 0.341 e. The third-order valence-electron chi connectivity index (χ3n) is 4.56. The van der Waals surface area contributed by atoms with Gasteiger partial charge < -0.3 is 19.7 Å². The number of aromatic carboxylic acids is 1. The van der Waals surface area contributed by atoms with Gasteiger partial charge in [-0.25, -0.2) is 4.79 Å². The second-order valence-corrected chi connectivity index (χ2v) is 5.86. The second-order valence-electron chi connectivity index (χ2n) is 5.86. The van der Waals surface area contributed by atoms with Gasteiger partial charge in [-0.1, -0.05) is 0 Å². The number of nitrogens with one attached hydrogen (secondary N) is 1. The lowest BCUT2D eigenvalue weighted by Crippen LogP contribution is -2.46. The number of aromatic amines is 1. The lowest BCUT2D eigenvalue weighted by Gasteiger charge is -2.41. The topological polar surface area (TPSA) is 82.6 Å². The largest absolute Gasteiger partial charge is 0.489 e. The zero-order chi connectivity index (χ0) is 15.3. The van der Waals surface area contributed by atoms with Gasteiger partial charge in [0.05, 0.1) is 22.6 Å². The Balaban J connectivity index is 1.90. The van der Waals surface area contributed by atoms with Gasteiger partial charge in [-0.2, -0.15) is 0 Å². The van der Waals surface area contributed by atoms with E-state index in [4.69, 9.17) is 9.84 Å². The van der Waals surface area contributed by atoms with Crippen molar-refractivity contribution in [3.05, 3.63) is 34.1 Å². The predicted molar refractivity (Wildman–Crippen MR) is 82.0 cm³/mol. The summed E-state index contributed by atoms with van der Waals surface area (Å²) >= 11 is 0. The fourth-order valence-corrected chi connectivity index (χ4v) is 3.41. The molecule has 0 bridgehead atoms. The van der Waals surface area contributed by atoms with Crippen LogP contribution in [0.15, 0.2) is 23.1 Å². The number of rotatable bonds is 1. The first-order valence-corrected chi connectivity index (χ1v) is 7.47. The molecular weight excluding hydrogens is 284 g/mol. The number of ether oxygens (including phenoxy) is 1. The van der Waals surface area contributed by atoms with E-state index in [0.29, 0.717) is 29.3 Å². The average Bonchev–Trinajstić information content (AvgIpc) is 2.53. The molecule has 4 rings (SSSR count). The highest BCUT2D eigenvalue weighted by Gasteiger charge is 2.30. The van der Waals surface area contributed by atoms with Crippen LogP contribution >= 0.6 is 0 Å². The second kappa shape index (κ2) is 4.76. The number of hydrogen-bond acceptors (Lipinski definition) is 4. The third kappa shape index (κ3) is 1.87. The normalized spacial score (nSPS) is 20.2. The molecule has 1 saturated heterocycles. The van der Waals surface area contributed by atoms with E-state index in [1.165, 1.54) is 12.6 Å². The molecular formula is C16H16N2O4. The summed E-state index contributed by atoms with van der Waals surface area (Å²) in [6, 6.07) is 3.96. The van der Waals surface area contributed by atoms with Crippen molar-refractivity contribution in [2.24, 2.45) is 0 Å². The van der Waals surface area contributed by atoms with E-state index in [2.05, 4.69) is 9.88 Å². The lowest BCUT2D eigenvalue weighted by molar-refractivity contribution is 0.0695.